The SMILES string of the molecule is Cc1cc(C(C)(C)CCCc2ccc(F)c(Oc3ccccc3)c2)ccc1C(C)(C)C. The fourth-order valence-electron chi connectivity index (χ4n) is 4.20. The summed E-state index contributed by atoms with van der Waals surface area (Å²) in [7, 11) is 0. The first-order valence-electron chi connectivity index (χ1n) is 11.2. The Bertz CT molecular complexity index is 1010. The van der Waals surface area contributed by atoms with Crippen molar-refractivity contribution in [2.24, 2.45) is 0 Å². The topological polar surface area (TPSA) is 9.23 Å². The minimum atomic E-state index is -0.331. The van der Waals surface area contributed by atoms with E-state index < -0.39 is 0 Å². The molecule has 0 aromatic heterocycles. The van der Waals surface area contributed by atoms with Crippen LogP contribution in [-0.2, 0) is 17.3 Å². The molecule has 0 bridgehead atoms. The van der Waals surface area contributed by atoms with Crippen LogP contribution in [0.25, 0.3) is 0 Å². The maximum Gasteiger partial charge on any atom is 0.165 e. The zero-order valence-corrected chi connectivity index (χ0v) is 19.8. The van der Waals surface area contributed by atoms with Crippen molar-refractivity contribution in [2.45, 2.75) is 71.6 Å². The zero-order valence-electron chi connectivity index (χ0n) is 19.8. The Morgan fingerprint density at radius 3 is 2.19 bits per heavy atom. The number of ether oxygens (including phenoxy) is 1. The highest BCUT2D eigenvalue weighted by atomic mass is 19.1. The van der Waals surface area contributed by atoms with E-state index in [4.69, 9.17) is 4.74 Å². The van der Waals surface area contributed by atoms with Crippen molar-refractivity contribution in [3.05, 3.63) is 94.8 Å². The van der Waals surface area contributed by atoms with Gasteiger partial charge in [0.1, 0.15) is 5.75 Å². The second-order valence-electron chi connectivity index (χ2n) is 10.2. The van der Waals surface area contributed by atoms with Gasteiger partial charge in [0.2, 0.25) is 0 Å². The van der Waals surface area contributed by atoms with Crippen molar-refractivity contribution in [1.29, 1.82) is 0 Å². The molecule has 31 heavy (non-hydrogen) atoms. The summed E-state index contributed by atoms with van der Waals surface area (Å²) in [5.41, 5.74) is 5.50. The van der Waals surface area contributed by atoms with Gasteiger partial charge in [-0.2, -0.15) is 0 Å². The lowest BCUT2D eigenvalue weighted by atomic mass is 9.76. The Hall–Kier alpha value is -2.61. The van der Waals surface area contributed by atoms with Crippen LogP contribution in [0.1, 0.15) is 69.7 Å². The van der Waals surface area contributed by atoms with Gasteiger partial charge >= 0.3 is 0 Å². The lowest BCUT2D eigenvalue weighted by molar-refractivity contribution is 0.439. The highest BCUT2D eigenvalue weighted by Gasteiger charge is 2.23. The molecule has 164 valence electrons. The van der Waals surface area contributed by atoms with Gasteiger partial charge in [-0.1, -0.05) is 77.1 Å². The third-order valence-electron chi connectivity index (χ3n) is 6.05. The predicted octanol–water partition coefficient (Wildman–Crippen LogP) is 8.52. The summed E-state index contributed by atoms with van der Waals surface area (Å²) < 4.78 is 20.0. The molecule has 0 radical (unpaired) electrons. The van der Waals surface area contributed by atoms with Crippen LogP contribution in [0.5, 0.6) is 11.5 Å². The van der Waals surface area contributed by atoms with Gasteiger partial charge in [-0.05, 0) is 83.5 Å². The molecule has 1 nitrogen and oxygen atoms in total. The quantitative estimate of drug-likeness (QED) is 0.373. The standard InChI is InChI=1S/C29H35FO/c1-21-19-23(15-16-25(21)28(2,3)4)29(5,6)18-10-11-22-14-17-26(30)27(20-22)31-24-12-8-7-9-13-24/h7-9,12-17,19-20H,10-11,18H2,1-6H3. The molecule has 0 unspecified atom stereocenters. The van der Waals surface area contributed by atoms with Gasteiger partial charge in [-0.25, -0.2) is 4.39 Å². The molecule has 3 aromatic carbocycles. The van der Waals surface area contributed by atoms with Gasteiger partial charge < -0.3 is 4.74 Å². The van der Waals surface area contributed by atoms with Crippen LogP contribution >= 0.6 is 0 Å². The Morgan fingerprint density at radius 1 is 0.839 bits per heavy atom. The van der Waals surface area contributed by atoms with Crippen molar-refractivity contribution in [3.63, 3.8) is 0 Å². The molecule has 0 saturated carbocycles. The third-order valence-corrected chi connectivity index (χ3v) is 6.05. The van der Waals surface area contributed by atoms with Crippen molar-refractivity contribution in [1.82, 2.24) is 0 Å². The van der Waals surface area contributed by atoms with Gasteiger partial charge in [0.15, 0.2) is 11.6 Å². The van der Waals surface area contributed by atoms with E-state index in [2.05, 4.69) is 59.7 Å². The molecular weight excluding hydrogens is 383 g/mol. The van der Waals surface area contributed by atoms with Gasteiger partial charge in [0, 0.05) is 0 Å². The normalized spacial score (nSPS) is 12.1. The highest BCUT2D eigenvalue weighted by molar-refractivity contribution is 5.38. The van der Waals surface area contributed by atoms with E-state index in [-0.39, 0.29) is 22.4 Å². The van der Waals surface area contributed by atoms with Crippen molar-refractivity contribution in [2.75, 3.05) is 0 Å². The van der Waals surface area contributed by atoms with E-state index in [9.17, 15) is 4.39 Å². The first kappa shape index (κ1) is 23.1. The monoisotopic (exact) mass is 418 g/mol. The van der Waals surface area contributed by atoms with E-state index in [0.717, 1.165) is 24.8 Å². The van der Waals surface area contributed by atoms with Crippen molar-refractivity contribution >= 4 is 0 Å². The fourth-order valence-corrected chi connectivity index (χ4v) is 4.20. The summed E-state index contributed by atoms with van der Waals surface area (Å²) in [6.07, 6.45) is 2.99. The summed E-state index contributed by atoms with van der Waals surface area (Å²) in [5.74, 6) is 0.604. The summed E-state index contributed by atoms with van der Waals surface area (Å²) >= 11 is 0. The van der Waals surface area contributed by atoms with Crippen LogP contribution < -0.4 is 4.74 Å². The van der Waals surface area contributed by atoms with Crippen LogP contribution in [0.15, 0.2) is 66.7 Å². The van der Waals surface area contributed by atoms with Crippen LogP contribution in [0, 0.1) is 12.7 Å². The molecule has 2 heteroatoms. The fraction of sp³-hybridized carbons (Fsp3) is 0.379. The largest absolute Gasteiger partial charge is 0.454 e. The molecule has 0 amide bonds. The van der Waals surface area contributed by atoms with Gasteiger partial charge in [-0.15, -0.1) is 0 Å². The number of benzene rings is 3. The highest BCUT2D eigenvalue weighted by Crippen LogP contribution is 2.34. The maximum atomic E-state index is 14.2. The first-order valence-corrected chi connectivity index (χ1v) is 11.2. The molecule has 3 rings (SSSR count). The average molecular weight is 419 g/mol. The van der Waals surface area contributed by atoms with E-state index in [1.807, 2.05) is 42.5 Å². The first-order chi connectivity index (χ1) is 14.6. The Balaban J connectivity index is 1.65. The lowest BCUT2D eigenvalue weighted by Crippen LogP contribution is -2.19. The molecular formula is C29H35FO. The van der Waals surface area contributed by atoms with E-state index in [0.29, 0.717) is 5.75 Å². The summed E-state index contributed by atoms with van der Waals surface area (Å²) in [5, 5.41) is 0. The van der Waals surface area contributed by atoms with Crippen LogP contribution in [0.4, 0.5) is 4.39 Å². The van der Waals surface area contributed by atoms with Crippen LogP contribution in [0.3, 0.4) is 0 Å². The van der Waals surface area contributed by atoms with Crippen LogP contribution in [0.2, 0.25) is 0 Å². The molecule has 0 atom stereocenters. The van der Waals surface area contributed by atoms with E-state index >= 15 is 0 Å². The van der Waals surface area contributed by atoms with E-state index in [1.54, 1.807) is 0 Å². The number of hydrogen-bond donors (Lipinski definition) is 0. The number of aryl methyl sites for hydroxylation is 2. The number of para-hydroxylation sites is 1. The van der Waals surface area contributed by atoms with Crippen LogP contribution in [-0.4, -0.2) is 0 Å². The number of hydrogen-bond acceptors (Lipinski definition) is 1. The molecule has 0 spiro atoms. The molecule has 0 heterocycles. The second kappa shape index (κ2) is 9.26. The Labute approximate surface area is 187 Å². The van der Waals surface area contributed by atoms with E-state index in [1.165, 1.54) is 22.8 Å². The van der Waals surface area contributed by atoms with Gasteiger partial charge in [-0.3, -0.25) is 0 Å². The zero-order chi connectivity index (χ0) is 22.6. The molecule has 0 aliphatic carbocycles. The van der Waals surface area contributed by atoms with Gasteiger partial charge in [0.05, 0.1) is 0 Å². The summed E-state index contributed by atoms with van der Waals surface area (Å²) in [4.78, 5) is 0. The van der Waals surface area contributed by atoms with Crippen molar-refractivity contribution < 1.29 is 9.13 Å². The number of rotatable bonds is 7. The average Bonchev–Trinajstić information content (AvgIpc) is 2.70. The minimum absolute atomic E-state index is 0.0879. The lowest BCUT2D eigenvalue weighted by Gasteiger charge is -2.28. The molecule has 3 aromatic rings. The molecule has 0 aliphatic heterocycles. The predicted molar refractivity (Wildman–Crippen MR) is 129 cm³/mol. The smallest absolute Gasteiger partial charge is 0.165 e. The minimum Gasteiger partial charge on any atom is -0.454 e. The maximum absolute atomic E-state index is 14.2. The van der Waals surface area contributed by atoms with Gasteiger partial charge in [0.25, 0.3) is 0 Å². The Morgan fingerprint density at radius 2 is 1.55 bits per heavy atom. The Kier molecular flexibility index (Phi) is 6.89. The summed E-state index contributed by atoms with van der Waals surface area (Å²) in [6, 6.07) is 21.5. The molecule has 0 N–H and O–H groups in total. The molecule has 0 aliphatic rings. The van der Waals surface area contributed by atoms with Crippen molar-refractivity contribution in [3.8, 4) is 11.5 Å². The molecule has 0 saturated heterocycles. The summed E-state index contributed by atoms with van der Waals surface area (Å²) in [6.45, 7) is 13.6. The third kappa shape index (κ3) is 5.97. The molecule has 0 fully saturated rings. The number of halogens is 1. The second-order valence-corrected chi connectivity index (χ2v) is 10.2.